The first kappa shape index (κ1) is 25.0. The zero-order valence-electron chi connectivity index (χ0n) is 20.1. The molecule has 0 aliphatic carbocycles. The Morgan fingerprint density at radius 3 is 2.39 bits per heavy atom. The molecule has 2 N–H and O–H groups in total. The van der Waals surface area contributed by atoms with E-state index in [4.69, 9.17) is 4.74 Å². The molecule has 0 bridgehead atoms. The van der Waals surface area contributed by atoms with Crippen molar-refractivity contribution in [2.24, 2.45) is 0 Å². The summed E-state index contributed by atoms with van der Waals surface area (Å²) in [5.74, 6) is -1.26. The second-order valence-electron chi connectivity index (χ2n) is 10.1. The van der Waals surface area contributed by atoms with E-state index in [2.05, 4.69) is 5.32 Å². The van der Waals surface area contributed by atoms with Crippen molar-refractivity contribution in [1.29, 1.82) is 0 Å². The SMILES string of the molecule is CC(O)C(C(=O)NCc1ccc(F)cc1)N1C(=O)C2(CCC(C)N2C(=O)OC(C)(C)C)C1C. The summed E-state index contributed by atoms with van der Waals surface area (Å²) in [6, 6.07) is 3.91. The van der Waals surface area contributed by atoms with Gasteiger partial charge in [-0.25, -0.2) is 9.18 Å². The maximum Gasteiger partial charge on any atom is 0.411 e. The maximum absolute atomic E-state index is 13.5. The average Bonchev–Trinajstić information content (AvgIpc) is 3.09. The Bertz CT molecular complexity index is 914. The molecule has 0 aromatic heterocycles. The topological polar surface area (TPSA) is 99.2 Å². The van der Waals surface area contributed by atoms with Crippen LogP contribution in [0.15, 0.2) is 24.3 Å². The fourth-order valence-corrected chi connectivity index (χ4v) is 4.93. The number of halogens is 1. The maximum atomic E-state index is 13.5. The molecule has 5 atom stereocenters. The Labute approximate surface area is 194 Å². The molecule has 2 aliphatic rings. The fourth-order valence-electron chi connectivity index (χ4n) is 4.93. The number of hydrogen-bond donors (Lipinski definition) is 2. The number of nitrogens with one attached hydrogen (secondary N) is 1. The van der Waals surface area contributed by atoms with Crippen LogP contribution in [0.1, 0.15) is 59.9 Å². The second kappa shape index (κ2) is 8.93. The van der Waals surface area contributed by atoms with Crippen molar-refractivity contribution >= 4 is 17.9 Å². The van der Waals surface area contributed by atoms with Gasteiger partial charge in [-0.3, -0.25) is 14.5 Å². The highest BCUT2D eigenvalue weighted by molar-refractivity contribution is 6.01. The molecule has 3 rings (SSSR count). The highest BCUT2D eigenvalue weighted by Gasteiger charge is 2.69. The number of carbonyl (C=O) groups is 3. The van der Waals surface area contributed by atoms with Gasteiger partial charge in [0.25, 0.3) is 5.91 Å². The van der Waals surface area contributed by atoms with Crippen LogP contribution in [0.4, 0.5) is 9.18 Å². The van der Waals surface area contributed by atoms with Gasteiger partial charge in [0.1, 0.15) is 23.0 Å². The van der Waals surface area contributed by atoms with Crippen LogP contribution in [-0.2, 0) is 20.9 Å². The van der Waals surface area contributed by atoms with Gasteiger partial charge in [0, 0.05) is 12.6 Å². The van der Waals surface area contributed by atoms with Gasteiger partial charge in [0.05, 0.1) is 12.1 Å². The molecule has 182 valence electrons. The van der Waals surface area contributed by atoms with Crippen molar-refractivity contribution in [2.45, 2.75) is 96.3 Å². The lowest BCUT2D eigenvalue weighted by Crippen LogP contribution is -2.82. The summed E-state index contributed by atoms with van der Waals surface area (Å²) in [6.45, 7) is 10.6. The molecule has 8 nitrogen and oxygen atoms in total. The molecule has 1 spiro atoms. The Morgan fingerprint density at radius 2 is 1.88 bits per heavy atom. The van der Waals surface area contributed by atoms with Crippen molar-refractivity contribution in [3.63, 3.8) is 0 Å². The van der Waals surface area contributed by atoms with Gasteiger partial charge in [-0.05, 0) is 72.1 Å². The molecule has 0 radical (unpaired) electrons. The molecule has 2 fully saturated rings. The summed E-state index contributed by atoms with van der Waals surface area (Å²) in [5.41, 5.74) is -1.11. The molecule has 2 saturated heterocycles. The predicted octanol–water partition coefficient (Wildman–Crippen LogP) is 2.58. The fraction of sp³-hybridized carbons (Fsp3) is 0.625. The molecule has 9 heteroatoms. The molecular weight excluding hydrogens is 429 g/mol. The quantitative estimate of drug-likeness (QED) is 0.654. The van der Waals surface area contributed by atoms with Crippen LogP contribution in [0, 0.1) is 5.82 Å². The minimum atomic E-state index is -1.13. The number of aliphatic hydroxyl groups is 1. The molecule has 1 aromatic carbocycles. The lowest BCUT2D eigenvalue weighted by atomic mass is 9.75. The van der Waals surface area contributed by atoms with Crippen molar-refractivity contribution in [1.82, 2.24) is 15.1 Å². The van der Waals surface area contributed by atoms with Gasteiger partial charge < -0.3 is 20.1 Å². The van der Waals surface area contributed by atoms with E-state index in [1.54, 1.807) is 39.8 Å². The van der Waals surface area contributed by atoms with Gasteiger partial charge in [0.15, 0.2) is 0 Å². The highest BCUT2D eigenvalue weighted by atomic mass is 19.1. The summed E-state index contributed by atoms with van der Waals surface area (Å²) in [5, 5.41) is 13.1. The largest absolute Gasteiger partial charge is 0.444 e. The highest BCUT2D eigenvalue weighted by Crippen LogP contribution is 2.48. The Kier molecular flexibility index (Phi) is 6.75. The Morgan fingerprint density at radius 1 is 1.27 bits per heavy atom. The zero-order valence-corrected chi connectivity index (χ0v) is 20.1. The monoisotopic (exact) mass is 463 g/mol. The number of benzene rings is 1. The summed E-state index contributed by atoms with van der Waals surface area (Å²) >= 11 is 0. The third kappa shape index (κ3) is 4.55. The summed E-state index contributed by atoms with van der Waals surface area (Å²) < 4.78 is 18.7. The zero-order chi connectivity index (χ0) is 24.7. The normalized spacial score (nSPS) is 26.7. The average molecular weight is 464 g/mol. The van der Waals surface area contributed by atoms with Crippen LogP contribution < -0.4 is 5.32 Å². The van der Waals surface area contributed by atoms with Gasteiger partial charge in [-0.2, -0.15) is 0 Å². The van der Waals surface area contributed by atoms with Crippen LogP contribution in [0.3, 0.4) is 0 Å². The van der Waals surface area contributed by atoms with Crippen LogP contribution in [0.2, 0.25) is 0 Å². The van der Waals surface area contributed by atoms with E-state index >= 15 is 0 Å². The Balaban J connectivity index is 1.78. The molecular formula is C24H34FN3O5. The van der Waals surface area contributed by atoms with Crippen LogP contribution in [0.5, 0.6) is 0 Å². The Hall–Kier alpha value is -2.68. The molecule has 3 amide bonds. The third-order valence-corrected chi connectivity index (χ3v) is 6.52. The van der Waals surface area contributed by atoms with Gasteiger partial charge >= 0.3 is 6.09 Å². The number of aliphatic hydroxyl groups excluding tert-OH is 1. The first-order chi connectivity index (χ1) is 15.3. The van der Waals surface area contributed by atoms with Crippen molar-refractivity contribution in [3.05, 3.63) is 35.6 Å². The van der Waals surface area contributed by atoms with E-state index < -0.39 is 41.3 Å². The standard InChI is InChI=1S/C24H34FN3O5/c1-14-11-12-24(28(14)22(32)33-23(4,5)6)16(3)27(21(24)31)19(15(2)29)20(30)26-13-17-7-9-18(25)10-8-17/h7-10,14-16,19,29H,11-13H2,1-6H3,(H,26,30). The van der Waals surface area contributed by atoms with Crippen molar-refractivity contribution < 1.29 is 28.6 Å². The lowest BCUT2D eigenvalue weighted by Gasteiger charge is -2.59. The molecule has 1 aromatic rings. The van der Waals surface area contributed by atoms with E-state index in [0.717, 1.165) is 0 Å². The first-order valence-electron chi connectivity index (χ1n) is 11.3. The first-order valence-corrected chi connectivity index (χ1v) is 11.3. The van der Waals surface area contributed by atoms with Gasteiger partial charge in [-0.1, -0.05) is 12.1 Å². The minimum absolute atomic E-state index is 0.130. The number of β-lactam (4-membered cyclic amide) rings is 1. The van der Waals surface area contributed by atoms with Gasteiger partial charge in [0.2, 0.25) is 5.91 Å². The van der Waals surface area contributed by atoms with E-state index in [9.17, 15) is 23.9 Å². The molecule has 2 aliphatic heterocycles. The van der Waals surface area contributed by atoms with E-state index in [0.29, 0.717) is 18.4 Å². The predicted molar refractivity (Wildman–Crippen MR) is 120 cm³/mol. The number of likely N-dealkylation sites (tertiary alicyclic amines) is 2. The van der Waals surface area contributed by atoms with Crippen LogP contribution >= 0.6 is 0 Å². The minimum Gasteiger partial charge on any atom is -0.444 e. The molecule has 33 heavy (non-hydrogen) atoms. The number of carbonyl (C=O) groups excluding carboxylic acids is 3. The second-order valence-corrected chi connectivity index (χ2v) is 10.1. The summed E-state index contributed by atoms with van der Waals surface area (Å²) in [7, 11) is 0. The smallest absolute Gasteiger partial charge is 0.411 e. The number of nitrogens with zero attached hydrogens (tertiary/aromatic N) is 2. The number of hydrogen-bond acceptors (Lipinski definition) is 5. The van der Waals surface area contributed by atoms with Crippen LogP contribution in [0.25, 0.3) is 0 Å². The number of amides is 3. The van der Waals surface area contributed by atoms with E-state index in [1.165, 1.54) is 28.9 Å². The molecule has 0 saturated carbocycles. The molecule has 2 heterocycles. The van der Waals surface area contributed by atoms with Gasteiger partial charge in [-0.15, -0.1) is 0 Å². The van der Waals surface area contributed by atoms with Crippen molar-refractivity contribution in [2.75, 3.05) is 0 Å². The lowest BCUT2D eigenvalue weighted by molar-refractivity contribution is -0.184. The van der Waals surface area contributed by atoms with Crippen molar-refractivity contribution in [3.8, 4) is 0 Å². The summed E-state index contributed by atoms with van der Waals surface area (Å²) in [4.78, 5) is 42.4. The summed E-state index contributed by atoms with van der Waals surface area (Å²) in [6.07, 6.45) is -0.579. The number of rotatable bonds is 5. The number of ether oxygens (including phenoxy) is 1. The van der Waals surface area contributed by atoms with E-state index in [1.807, 2.05) is 6.92 Å². The van der Waals surface area contributed by atoms with E-state index in [-0.39, 0.29) is 24.3 Å². The molecule has 5 unspecified atom stereocenters. The third-order valence-electron chi connectivity index (χ3n) is 6.52. The van der Waals surface area contributed by atoms with Crippen LogP contribution in [-0.4, -0.2) is 68.2 Å².